The van der Waals surface area contributed by atoms with E-state index in [1.807, 2.05) is 13.8 Å². The predicted octanol–water partition coefficient (Wildman–Crippen LogP) is 4.03. The van der Waals surface area contributed by atoms with Crippen LogP contribution in [0.15, 0.2) is 18.2 Å². The summed E-state index contributed by atoms with van der Waals surface area (Å²) < 4.78 is 13.8. The fourth-order valence-electron chi connectivity index (χ4n) is 1.67. The lowest BCUT2D eigenvalue weighted by molar-refractivity contribution is 0.631. The molecule has 0 fully saturated rings. The van der Waals surface area contributed by atoms with Gasteiger partial charge in [0.1, 0.15) is 23.3 Å². The third kappa shape index (κ3) is 2.82. The van der Waals surface area contributed by atoms with Crippen molar-refractivity contribution in [1.29, 1.82) is 0 Å². The highest BCUT2D eigenvalue weighted by molar-refractivity contribution is 6.33. The highest BCUT2D eigenvalue weighted by Crippen LogP contribution is 2.30. The molecule has 0 spiro atoms. The van der Waals surface area contributed by atoms with Crippen molar-refractivity contribution in [2.24, 2.45) is 0 Å². The molecule has 0 saturated carbocycles. The van der Waals surface area contributed by atoms with Gasteiger partial charge in [0, 0.05) is 11.5 Å². The van der Waals surface area contributed by atoms with Crippen molar-refractivity contribution in [2.75, 3.05) is 11.1 Å². The number of benzene rings is 1. The molecule has 4 nitrogen and oxygen atoms in total. The normalized spacial score (nSPS) is 10.9. The maximum absolute atomic E-state index is 13.8. The summed E-state index contributed by atoms with van der Waals surface area (Å²) in [5.74, 6) is 1.12. The molecule has 1 heterocycles. The van der Waals surface area contributed by atoms with Crippen molar-refractivity contribution in [3.8, 4) is 0 Å². The first kappa shape index (κ1) is 14.5. The molecular weight excluding hydrogens is 279 g/mol. The fourth-order valence-corrected chi connectivity index (χ4v) is 1.88. The van der Waals surface area contributed by atoms with Gasteiger partial charge in [0.05, 0.1) is 10.7 Å². The zero-order valence-corrected chi connectivity index (χ0v) is 12.3. The van der Waals surface area contributed by atoms with Crippen LogP contribution in [0.5, 0.6) is 0 Å². The van der Waals surface area contributed by atoms with Crippen LogP contribution in [0.4, 0.5) is 21.7 Å². The van der Waals surface area contributed by atoms with Crippen LogP contribution in [0.3, 0.4) is 0 Å². The zero-order chi connectivity index (χ0) is 14.9. The largest absolute Gasteiger partial charge is 0.383 e. The molecule has 6 heteroatoms. The lowest BCUT2D eigenvalue weighted by Crippen LogP contribution is -2.08. The summed E-state index contributed by atoms with van der Waals surface area (Å²) in [6.07, 6.45) is 0. The summed E-state index contributed by atoms with van der Waals surface area (Å²) in [5.41, 5.74) is 6.72. The quantitative estimate of drug-likeness (QED) is 0.897. The smallest absolute Gasteiger partial charge is 0.148 e. The van der Waals surface area contributed by atoms with E-state index < -0.39 is 5.82 Å². The van der Waals surface area contributed by atoms with Crippen molar-refractivity contribution in [3.63, 3.8) is 0 Å². The highest BCUT2D eigenvalue weighted by Gasteiger charge is 2.14. The van der Waals surface area contributed by atoms with Crippen LogP contribution in [-0.2, 0) is 0 Å². The van der Waals surface area contributed by atoms with Crippen LogP contribution in [0.1, 0.15) is 31.2 Å². The molecule has 0 unspecified atom stereocenters. The average Bonchev–Trinajstić information content (AvgIpc) is 2.38. The topological polar surface area (TPSA) is 63.8 Å². The Hall–Kier alpha value is -1.88. The van der Waals surface area contributed by atoms with Crippen LogP contribution in [0.25, 0.3) is 0 Å². The summed E-state index contributed by atoms with van der Waals surface area (Å²) >= 11 is 6.00. The molecule has 0 aliphatic carbocycles. The number of hydrogen-bond donors (Lipinski definition) is 2. The zero-order valence-electron chi connectivity index (χ0n) is 11.5. The summed E-state index contributed by atoms with van der Waals surface area (Å²) in [6.45, 7) is 5.70. The average molecular weight is 295 g/mol. The first-order chi connectivity index (χ1) is 9.40. The second-order valence-corrected chi connectivity index (χ2v) is 5.22. The second-order valence-electron chi connectivity index (χ2n) is 4.82. The van der Waals surface area contributed by atoms with Gasteiger partial charge in [0.15, 0.2) is 0 Å². The van der Waals surface area contributed by atoms with Crippen LogP contribution in [0, 0.1) is 12.7 Å². The van der Waals surface area contributed by atoms with Gasteiger partial charge in [-0.15, -0.1) is 0 Å². The number of para-hydroxylation sites is 1. The number of nitrogen functional groups attached to an aromatic ring is 1. The SMILES string of the molecule is Cc1c(N)nc(C(C)C)nc1Nc1c(F)cccc1Cl. The van der Waals surface area contributed by atoms with Crippen molar-refractivity contribution in [3.05, 3.63) is 40.4 Å². The number of rotatable bonds is 3. The number of aromatic nitrogens is 2. The molecule has 0 atom stereocenters. The van der Waals surface area contributed by atoms with Crippen LogP contribution >= 0.6 is 11.6 Å². The van der Waals surface area contributed by atoms with Crippen molar-refractivity contribution >= 4 is 28.9 Å². The van der Waals surface area contributed by atoms with Crippen LogP contribution < -0.4 is 11.1 Å². The van der Waals surface area contributed by atoms with E-state index in [2.05, 4.69) is 15.3 Å². The molecular formula is C14H16ClFN4. The Morgan fingerprint density at radius 2 is 2.00 bits per heavy atom. The van der Waals surface area contributed by atoms with Gasteiger partial charge >= 0.3 is 0 Å². The summed E-state index contributed by atoms with van der Waals surface area (Å²) in [4.78, 5) is 8.60. The predicted molar refractivity (Wildman–Crippen MR) is 80.0 cm³/mol. The summed E-state index contributed by atoms with van der Waals surface area (Å²) in [5, 5.41) is 3.19. The summed E-state index contributed by atoms with van der Waals surface area (Å²) in [6, 6.07) is 4.48. The van der Waals surface area contributed by atoms with Crippen molar-refractivity contribution in [2.45, 2.75) is 26.7 Å². The number of halogens is 2. The molecule has 0 amide bonds. The lowest BCUT2D eigenvalue weighted by atomic mass is 10.2. The minimum atomic E-state index is -0.444. The number of nitrogens with zero attached hydrogens (tertiary/aromatic N) is 2. The number of hydrogen-bond acceptors (Lipinski definition) is 4. The van der Waals surface area contributed by atoms with Gasteiger partial charge in [-0.1, -0.05) is 31.5 Å². The molecule has 0 radical (unpaired) electrons. The first-order valence-corrected chi connectivity index (χ1v) is 6.63. The third-order valence-electron chi connectivity index (χ3n) is 2.92. The molecule has 2 rings (SSSR count). The van der Waals surface area contributed by atoms with E-state index in [0.29, 0.717) is 23.0 Å². The van der Waals surface area contributed by atoms with Gasteiger partial charge in [-0.05, 0) is 19.1 Å². The number of anilines is 3. The molecule has 2 aromatic rings. The molecule has 3 N–H and O–H groups in total. The van der Waals surface area contributed by atoms with Crippen molar-refractivity contribution < 1.29 is 4.39 Å². The Labute approximate surface area is 122 Å². The first-order valence-electron chi connectivity index (χ1n) is 6.25. The molecule has 0 saturated heterocycles. The monoisotopic (exact) mass is 294 g/mol. The van der Waals surface area contributed by atoms with Gasteiger partial charge in [-0.2, -0.15) is 0 Å². The fraction of sp³-hybridized carbons (Fsp3) is 0.286. The Kier molecular flexibility index (Phi) is 4.09. The molecule has 1 aromatic heterocycles. The van der Waals surface area contributed by atoms with Crippen molar-refractivity contribution in [1.82, 2.24) is 9.97 Å². The van der Waals surface area contributed by atoms with E-state index in [0.717, 1.165) is 0 Å². The second kappa shape index (κ2) is 5.63. The molecule has 0 aliphatic rings. The Morgan fingerprint density at radius 1 is 1.30 bits per heavy atom. The molecule has 0 aliphatic heterocycles. The van der Waals surface area contributed by atoms with Gasteiger partial charge in [0.2, 0.25) is 0 Å². The Balaban J connectivity index is 2.48. The Bertz CT molecular complexity index is 623. The van der Waals surface area contributed by atoms with E-state index in [1.54, 1.807) is 19.1 Å². The molecule has 1 aromatic carbocycles. The van der Waals surface area contributed by atoms with Gasteiger partial charge < -0.3 is 11.1 Å². The minimum absolute atomic E-state index is 0.120. The maximum Gasteiger partial charge on any atom is 0.148 e. The molecule has 0 bridgehead atoms. The standard InChI is InChI=1S/C14H16ClFN4/c1-7(2)13-19-12(17)8(3)14(20-13)18-11-9(15)5-4-6-10(11)16/h4-7H,1-3H3,(H3,17,18,19,20). The molecule has 106 valence electrons. The highest BCUT2D eigenvalue weighted by atomic mass is 35.5. The van der Waals surface area contributed by atoms with Crippen LogP contribution in [-0.4, -0.2) is 9.97 Å². The van der Waals surface area contributed by atoms with E-state index >= 15 is 0 Å². The Morgan fingerprint density at radius 3 is 2.60 bits per heavy atom. The van der Waals surface area contributed by atoms with Gasteiger partial charge in [-0.3, -0.25) is 0 Å². The number of nitrogens with one attached hydrogen (secondary N) is 1. The van der Waals surface area contributed by atoms with E-state index in [9.17, 15) is 4.39 Å². The van der Waals surface area contributed by atoms with Gasteiger partial charge in [0.25, 0.3) is 0 Å². The third-order valence-corrected chi connectivity index (χ3v) is 3.24. The van der Waals surface area contributed by atoms with Gasteiger partial charge in [-0.25, -0.2) is 14.4 Å². The van der Waals surface area contributed by atoms with Crippen LogP contribution in [0.2, 0.25) is 5.02 Å². The van der Waals surface area contributed by atoms with E-state index in [-0.39, 0.29) is 16.6 Å². The maximum atomic E-state index is 13.8. The molecule has 20 heavy (non-hydrogen) atoms. The van der Waals surface area contributed by atoms with E-state index in [4.69, 9.17) is 17.3 Å². The van der Waals surface area contributed by atoms with E-state index in [1.165, 1.54) is 6.07 Å². The number of nitrogens with two attached hydrogens (primary N) is 1. The summed E-state index contributed by atoms with van der Waals surface area (Å²) in [7, 11) is 0. The minimum Gasteiger partial charge on any atom is -0.383 e. The lowest BCUT2D eigenvalue weighted by Gasteiger charge is -2.14.